The average Bonchev–Trinajstić information content (AvgIpc) is 3.08. The van der Waals surface area contributed by atoms with Gasteiger partial charge >= 0.3 is 0 Å². The first-order valence-electron chi connectivity index (χ1n) is 8.42. The van der Waals surface area contributed by atoms with Gasteiger partial charge in [-0.2, -0.15) is 9.78 Å². The van der Waals surface area contributed by atoms with E-state index in [1.165, 1.54) is 0 Å². The van der Waals surface area contributed by atoms with Gasteiger partial charge in [0.15, 0.2) is 5.82 Å². The van der Waals surface area contributed by atoms with Crippen molar-refractivity contribution in [3.63, 3.8) is 0 Å². The fourth-order valence-corrected chi connectivity index (χ4v) is 3.63. The minimum atomic E-state index is 0.587. The zero-order valence-electron chi connectivity index (χ0n) is 14.6. The zero-order chi connectivity index (χ0) is 18.1. The van der Waals surface area contributed by atoms with Gasteiger partial charge < -0.3 is 10.5 Å². The van der Waals surface area contributed by atoms with Gasteiger partial charge in [0, 0.05) is 17.0 Å². The van der Waals surface area contributed by atoms with E-state index < -0.39 is 0 Å². The first-order chi connectivity index (χ1) is 12.7. The summed E-state index contributed by atoms with van der Waals surface area (Å²) in [5, 5.41) is 14.2. The molecular weight excluding hydrogens is 346 g/mol. The quantitative estimate of drug-likeness (QED) is 0.715. The van der Waals surface area contributed by atoms with Crippen molar-refractivity contribution in [2.45, 2.75) is 19.0 Å². The number of aromatic nitrogens is 3. The normalized spacial score (nSPS) is 13.2. The number of nitrogens with two attached hydrogens (primary N) is 1. The molecule has 0 atom stereocenters. The summed E-state index contributed by atoms with van der Waals surface area (Å²) in [4.78, 5) is 0. The molecule has 1 aliphatic rings. The predicted molar refractivity (Wildman–Crippen MR) is 105 cm³/mol. The van der Waals surface area contributed by atoms with Gasteiger partial charge in [-0.3, -0.25) is 0 Å². The topological polar surface area (TPSA) is 78.3 Å². The van der Waals surface area contributed by atoms with Crippen molar-refractivity contribution < 1.29 is 4.74 Å². The standard InChI is InChI=1S/C19H19N5OS/c1-3-25-17-7-5-4-6-14(17)18-21-22-19-24(18)23-16(11-26-19)13-9-8-12(2)15(20)10-13/h4-10H,3,11,20H2,1-2H3. The van der Waals surface area contributed by atoms with Gasteiger partial charge in [-0.1, -0.05) is 36.0 Å². The van der Waals surface area contributed by atoms with Crippen molar-refractivity contribution >= 4 is 23.2 Å². The second-order valence-corrected chi connectivity index (χ2v) is 6.90. The van der Waals surface area contributed by atoms with E-state index in [4.69, 9.17) is 15.6 Å². The molecule has 0 saturated heterocycles. The number of ether oxygens (including phenoxy) is 1. The summed E-state index contributed by atoms with van der Waals surface area (Å²) >= 11 is 1.61. The number of aryl methyl sites for hydroxylation is 1. The predicted octanol–water partition coefficient (Wildman–Crippen LogP) is 3.59. The molecule has 1 aromatic heterocycles. The molecule has 0 saturated carbocycles. The molecular formula is C19H19N5OS. The number of para-hydroxylation sites is 1. The van der Waals surface area contributed by atoms with Crippen LogP contribution in [-0.2, 0) is 0 Å². The number of hydrogen-bond donors (Lipinski definition) is 1. The lowest BCUT2D eigenvalue weighted by Gasteiger charge is -2.15. The summed E-state index contributed by atoms with van der Waals surface area (Å²) in [6.07, 6.45) is 0. The summed E-state index contributed by atoms with van der Waals surface area (Å²) < 4.78 is 7.53. The first kappa shape index (κ1) is 16.7. The lowest BCUT2D eigenvalue weighted by atomic mass is 10.1. The highest BCUT2D eigenvalue weighted by atomic mass is 32.2. The summed E-state index contributed by atoms with van der Waals surface area (Å²) in [6, 6.07) is 13.8. The second kappa shape index (κ2) is 6.84. The Bertz CT molecular complexity index is 995. The van der Waals surface area contributed by atoms with Gasteiger partial charge in [-0.05, 0) is 37.6 Å². The molecule has 2 aromatic carbocycles. The maximum absolute atomic E-state index is 6.07. The van der Waals surface area contributed by atoms with Crippen LogP contribution >= 0.6 is 11.8 Å². The van der Waals surface area contributed by atoms with Crippen LogP contribution in [0.15, 0.2) is 52.7 Å². The minimum absolute atomic E-state index is 0.587. The highest BCUT2D eigenvalue weighted by Gasteiger charge is 2.22. The largest absolute Gasteiger partial charge is 0.493 e. The molecule has 26 heavy (non-hydrogen) atoms. The molecule has 0 fully saturated rings. The third kappa shape index (κ3) is 2.94. The Balaban J connectivity index is 1.79. The van der Waals surface area contributed by atoms with Gasteiger partial charge in [0.25, 0.3) is 0 Å². The van der Waals surface area contributed by atoms with Crippen molar-refractivity contribution in [1.29, 1.82) is 0 Å². The van der Waals surface area contributed by atoms with E-state index in [-0.39, 0.29) is 0 Å². The van der Waals surface area contributed by atoms with Crippen LogP contribution in [0.5, 0.6) is 5.75 Å². The molecule has 0 bridgehead atoms. The zero-order valence-corrected chi connectivity index (χ0v) is 15.5. The van der Waals surface area contributed by atoms with Crippen molar-refractivity contribution in [3.8, 4) is 17.1 Å². The summed E-state index contributed by atoms with van der Waals surface area (Å²) in [5.41, 5.74) is 10.7. The van der Waals surface area contributed by atoms with Gasteiger partial charge in [-0.25, -0.2) is 0 Å². The Hall–Kier alpha value is -2.80. The van der Waals surface area contributed by atoms with E-state index >= 15 is 0 Å². The third-order valence-corrected chi connectivity index (χ3v) is 5.14. The minimum Gasteiger partial charge on any atom is -0.493 e. The molecule has 3 aromatic rings. The van der Waals surface area contributed by atoms with Crippen LogP contribution in [0.1, 0.15) is 18.1 Å². The summed E-state index contributed by atoms with van der Waals surface area (Å²) in [7, 11) is 0. The Morgan fingerprint density at radius 1 is 1.19 bits per heavy atom. The third-order valence-electron chi connectivity index (χ3n) is 4.21. The van der Waals surface area contributed by atoms with Gasteiger partial charge in [0.2, 0.25) is 5.16 Å². The van der Waals surface area contributed by atoms with Crippen molar-refractivity contribution in [3.05, 3.63) is 53.6 Å². The van der Waals surface area contributed by atoms with E-state index in [1.54, 1.807) is 16.4 Å². The Morgan fingerprint density at radius 2 is 2.04 bits per heavy atom. The lowest BCUT2D eigenvalue weighted by Crippen LogP contribution is -2.14. The van der Waals surface area contributed by atoms with E-state index in [2.05, 4.69) is 10.2 Å². The van der Waals surface area contributed by atoms with Crippen LogP contribution in [0.2, 0.25) is 0 Å². The van der Waals surface area contributed by atoms with Gasteiger partial charge in [0.1, 0.15) is 5.75 Å². The number of nitrogens with zero attached hydrogens (tertiary/aromatic N) is 4. The molecule has 0 spiro atoms. The smallest absolute Gasteiger partial charge is 0.212 e. The Morgan fingerprint density at radius 3 is 2.85 bits per heavy atom. The number of thioether (sulfide) groups is 1. The first-order valence-corrected chi connectivity index (χ1v) is 9.40. The van der Waals surface area contributed by atoms with E-state index in [1.807, 2.05) is 56.3 Å². The summed E-state index contributed by atoms with van der Waals surface area (Å²) in [6.45, 7) is 4.55. The van der Waals surface area contributed by atoms with Crippen molar-refractivity contribution in [2.24, 2.45) is 5.10 Å². The molecule has 1 aliphatic heterocycles. The van der Waals surface area contributed by atoms with E-state index in [0.717, 1.165) is 44.7 Å². The average molecular weight is 365 g/mol. The van der Waals surface area contributed by atoms with Crippen molar-refractivity contribution in [1.82, 2.24) is 14.9 Å². The number of benzene rings is 2. The van der Waals surface area contributed by atoms with Crippen LogP contribution < -0.4 is 10.5 Å². The summed E-state index contributed by atoms with van der Waals surface area (Å²) in [5.74, 6) is 2.18. The number of nitrogen functional groups attached to an aromatic ring is 1. The Labute approximate surface area is 156 Å². The van der Waals surface area contributed by atoms with Crippen LogP contribution in [0.25, 0.3) is 11.4 Å². The highest BCUT2D eigenvalue weighted by molar-refractivity contribution is 7.99. The Kier molecular flexibility index (Phi) is 4.38. The lowest BCUT2D eigenvalue weighted by molar-refractivity contribution is 0.341. The molecule has 0 aliphatic carbocycles. The number of anilines is 1. The number of hydrogen-bond acceptors (Lipinski definition) is 6. The molecule has 4 rings (SSSR count). The maximum atomic E-state index is 6.07. The monoisotopic (exact) mass is 365 g/mol. The van der Waals surface area contributed by atoms with Crippen LogP contribution in [0.4, 0.5) is 5.69 Å². The number of rotatable bonds is 4. The molecule has 132 valence electrons. The number of fused-ring (bicyclic) bond motifs is 1. The van der Waals surface area contributed by atoms with E-state index in [9.17, 15) is 0 Å². The van der Waals surface area contributed by atoms with Crippen LogP contribution in [0, 0.1) is 6.92 Å². The van der Waals surface area contributed by atoms with E-state index in [0.29, 0.717) is 12.4 Å². The van der Waals surface area contributed by atoms with Gasteiger partial charge in [-0.15, -0.1) is 10.2 Å². The molecule has 2 N–H and O–H groups in total. The fourth-order valence-electron chi connectivity index (χ4n) is 2.79. The molecule has 0 unspecified atom stereocenters. The maximum Gasteiger partial charge on any atom is 0.212 e. The SMILES string of the molecule is CCOc1ccccc1-c1nnc2n1N=C(c1ccc(C)c(N)c1)CS2. The fraction of sp³-hybridized carbons (Fsp3) is 0.211. The van der Waals surface area contributed by atoms with Gasteiger partial charge in [0.05, 0.1) is 17.9 Å². The second-order valence-electron chi connectivity index (χ2n) is 5.95. The molecule has 7 heteroatoms. The molecule has 6 nitrogen and oxygen atoms in total. The highest BCUT2D eigenvalue weighted by Crippen LogP contribution is 2.33. The molecule has 0 amide bonds. The van der Waals surface area contributed by atoms with Crippen LogP contribution in [0.3, 0.4) is 0 Å². The molecule has 2 heterocycles. The molecule has 0 radical (unpaired) electrons. The van der Waals surface area contributed by atoms with Crippen LogP contribution in [-0.4, -0.2) is 32.9 Å². The van der Waals surface area contributed by atoms with Crippen molar-refractivity contribution in [2.75, 3.05) is 18.1 Å².